The molecule has 3 heteroatoms. The molecule has 0 radical (unpaired) electrons. The van der Waals surface area contributed by atoms with E-state index in [2.05, 4.69) is 29.2 Å². The van der Waals surface area contributed by atoms with E-state index in [1.807, 2.05) is 6.07 Å². The highest BCUT2D eigenvalue weighted by Gasteiger charge is 2.36. The van der Waals surface area contributed by atoms with E-state index in [-0.39, 0.29) is 17.8 Å². The number of methoxy groups -OCH3 is 1. The summed E-state index contributed by atoms with van der Waals surface area (Å²) in [4.78, 5) is 2.50. The Kier molecular flexibility index (Phi) is 4.38. The van der Waals surface area contributed by atoms with E-state index in [0.29, 0.717) is 5.92 Å². The molecule has 0 spiro atoms. The van der Waals surface area contributed by atoms with Gasteiger partial charge in [0.2, 0.25) is 0 Å². The first-order valence-electron chi connectivity index (χ1n) is 8.83. The molecule has 1 fully saturated rings. The minimum absolute atomic E-state index is 0.142. The molecule has 2 aliphatic rings. The second-order valence-electron chi connectivity index (χ2n) is 7.09. The Bertz CT molecular complexity index is 716. The normalized spacial score (nSPS) is 26.7. The Balaban J connectivity index is 1.48. The van der Waals surface area contributed by atoms with Crippen molar-refractivity contribution in [3.63, 3.8) is 0 Å². The molecule has 4 rings (SSSR count). The lowest BCUT2D eigenvalue weighted by atomic mass is 9.96. The minimum atomic E-state index is -0.162. The van der Waals surface area contributed by atoms with E-state index in [4.69, 9.17) is 4.74 Å². The molecule has 1 heterocycles. The number of fused-ring (bicyclic) bond motifs is 1. The van der Waals surface area contributed by atoms with Crippen LogP contribution in [0.3, 0.4) is 0 Å². The fourth-order valence-corrected chi connectivity index (χ4v) is 4.44. The molecule has 0 amide bonds. The van der Waals surface area contributed by atoms with Crippen LogP contribution >= 0.6 is 0 Å². The van der Waals surface area contributed by atoms with Crippen LogP contribution < -0.4 is 0 Å². The van der Waals surface area contributed by atoms with Crippen molar-refractivity contribution in [3.05, 3.63) is 71.0 Å². The van der Waals surface area contributed by atoms with Crippen LogP contribution in [0.2, 0.25) is 0 Å². The van der Waals surface area contributed by atoms with Gasteiger partial charge in [-0.15, -0.1) is 0 Å². The van der Waals surface area contributed by atoms with Crippen molar-refractivity contribution in [1.82, 2.24) is 4.90 Å². The van der Waals surface area contributed by atoms with Gasteiger partial charge in [-0.1, -0.05) is 36.4 Å². The van der Waals surface area contributed by atoms with Gasteiger partial charge < -0.3 is 4.74 Å². The van der Waals surface area contributed by atoms with E-state index >= 15 is 0 Å². The Morgan fingerprint density at radius 1 is 1.12 bits per heavy atom. The molecule has 24 heavy (non-hydrogen) atoms. The zero-order chi connectivity index (χ0) is 16.5. The highest BCUT2D eigenvalue weighted by Crippen LogP contribution is 2.36. The van der Waals surface area contributed by atoms with Gasteiger partial charge in [-0.25, -0.2) is 4.39 Å². The van der Waals surface area contributed by atoms with Crippen LogP contribution in [-0.4, -0.2) is 37.7 Å². The van der Waals surface area contributed by atoms with Crippen LogP contribution in [-0.2, 0) is 11.2 Å². The second kappa shape index (κ2) is 6.66. The van der Waals surface area contributed by atoms with Crippen molar-refractivity contribution in [3.8, 4) is 0 Å². The van der Waals surface area contributed by atoms with E-state index in [9.17, 15) is 4.39 Å². The molecule has 1 aliphatic heterocycles. The molecule has 2 aromatic rings. The molecule has 0 aromatic heterocycles. The number of aryl methyl sites for hydroxylation is 1. The van der Waals surface area contributed by atoms with Gasteiger partial charge in [0.25, 0.3) is 0 Å². The van der Waals surface area contributed by atoms with Gasteiger partial charge in [-0.2, -0.15) is 0 Å². The van der Waals surface area contributed by atoms with Crippen molar-refractivity contribution < 1.29 is 9.13 Å². The van der Waals surface area contributed by atoms with Crippen molar-refractivity contribution >= 4 is 0 Å². The summed E-state index contributed by atoms with van der Waals surface area (Å²) in [6.45, 7) is 2.94. The first-order chi connectivity index (χ1) is 11.7. The van der Waals surface area contributed by atoms with Gasteiger partial charge in [-0.3, -0.25) is 4.90 Å². The Morgan fingerprint density at radius 3 is 2.83 bits per heavy atom. The summed E-state index contributed by atoms with van der Waals surface area (Å²) >= 11 is 0. The number of halogens is 1. The lowest BCUT2D eigenvalue weighted by molar-refractivity contribution is 0.0965. The summed E-state index contributed by atoms with van der Waals surface area (Å²) < 4.78 is 19.3. The standard InChI is InChI=1S/C21H24FNO/c1-24-21-14-23(13-20(21)16-6-4-7-18(22)11-16)12-17-10-9-15-5-2-3-8-19(15)17/h2-8,11,17,20-21H,9-10,12-14H2,1H3. The Labute approximate surface area is 143 Å². The van der Waals surface area contributed by atoms with Crippen molar-refractivity contribution in [1.29, 1.82) is 0 Å². The fraction of sp³-hybridized carbons (Fsp3) is 0.429. The third kappa shape index (κ3) is 2.99. The number of hydrogen-bond acceptors (Lipinski definition) is 2. The Morgan fingerprint density at radius 2 is 2.00 bits per heavy atom. The maximum Gasteiger partial charge on any atom is 0.123 e. The van der Waals surface area contributed by atoms with Crippen molar-refractivity contribution in [2.24, 2.45) is 0 Å². The molecular formula is C21H24FNO. The SMILES string of the molecule is COC1CN(CC2CCc3ccccc32)CC1c1cccc(F)c1. The molecule has 0 N–H and O–H groups in total. The quantitative estimate of drug-likeness (QED) is 0.843. The summed E-state index contributed by atoms with van der Waals surface area (Å²) in [5.74, 6) is 0.706. The number of hydrogen-bond donors (Lipinski definition) is 0. The van der Waals surface area contributed by atoms with E-state index in [1.165, 1.54) is 30.0 Å². The average molecular weight is 325 g/mol. The third-order valence-electron chi connectivity index (χ3n) is 5.66. The summed E-state index contributed by atoms with van der Waals surface area (Å²) in [6, 6.07) is 15.8. The van der Waals surface area contributed by atoms with Gasteiger partial charge in [0.15, 0.2) is 0 Å². The molecule has 1 saturated heterocycles. The zero-order valence-corrected chi connectivity index (χ0v) is 14.1. The van der Waals surface area contributed by atoms with E-state index < -0.39 is 0 Å². The van der Waals surface area contributed by atoms with Crippen LogP contribution in [0.4, 0.5) is 4.39 Å². The number of likely N-dealkylation sites (tertiary alicyclic amines) is 1. The van der Waals surface area contributed by atoms with Crippen LogP contribution in [0.25, 0.3) is 0 Å². The number of benzene rings is 2. The van der Waals surface area contributed by atoms with E-state index in [1.54, 1.807) is 19.2 Å². The molecule has 1 aliphatic carbocycles. The monoisotopic (exact) mass is 325 g/mol. The highest BCUT2D eigenvalue weighted by molar-refractivity contribution is 5.35. The maximum atomic E-state index is 13.6. The number of nitrogens with zero attached hydrogens (tertiary/aromatic N) is 1. The van der Waals surface area contributed by atoms with Gasteiger partial charge in [0, 0.05) is 32.7 Å². The molecule has 0 bridgehead atoms. The molecule has 2 aromatic carbocycles. The predicted molar refractivity (Wildman–Crippen MR) is 93.9 cm³/mol. The largest absolute Gasteiger partial charge is 0.379 e. The fourth-order valence-electron chi connectivity index (χ4n) is 4.44. The predicted octanol–water partition coefficient (Wildman–Crippen LogP) is 3.97. The zero-order valence-electron chi connectivity index (χ0n) is 14.1. The lowest BCUT2D eigenvalue weighted by Gasteiger charge is -2.21. The molecule has 3 atom stereocenters. The second-order valence-corrected chi connectivity index (χ2v) is 7.09. The minimum Gasteiger partial charge on any atom is -0.379 e. The smallest absolute Gasteiger partial charge is 0.123 e. The first kappa shape index (κ1) is 15.8. The van der Waals surface area contributed by atoms with Gasteiger partial charge in [0.05, 0.1) is 6.10 Å². The lowest BCUT2D eigenvalue weighted by Crippen LogP contribution is -2.27. The van der Waals surface area contributed by atoms with Crippen LogP contribution in [0.1, 0.15) is 34.9 Å². The van der Waals surface area contributed by atoms with Gasteiger partial charge >= 0.3 is 0 Å². The van der Waals surface area contributed by atoms with Crippen LogP contribution in [0.15, 0.2) is 48.5 Å². The molecule has 2 nitrogen and oxygen atoms in total. The Hall–Kier alpha value is -1.71. The van der Waals surface area contributed by atoms with Crippen molar-refractivity contribution in [2.45, 2.75) is 30.8 Å². The summed E-state index contributed by atoms with van der Waals surface area (Å²) in [5, 5.41) is 0. The third-order valence-corrected chi connectivity index (χ3v) is 5.66. The van der Waals surface area contributed by atoms with Crippen LogP contribution in [0.5, 0.6) is 0 Å². The molecular weight excluding hydrogens is 301 g/mol. The number of ether oxygens (including phenoxy) is 1. The van der Waals surface area contributed by atoms with E-state index in [0.717, 1.165) is 25.2 Å². The summed E-state index contributed by atoms with van der Waals surface area (Å²) in [5.41, 5.74) is 4.07. The topological polar surface area (TPSA) is 12.5 Å². The molecule has 126 valence electrons. The summed E-state index contributed by atoms with van der Waals surface area (Å²) in [6.07, 6.45) is 2.57. The molecule has 3 unspecified atom stereocenters. The first-order valence-corrected chi connectivity index (χ1v) is 8.83. The number of rotatable bonds is 4. The van der Waals surface area contributed by atoms with Crippen molar-refractivity contribution in [2.75, 3.05) is 26.7 Å². The highest BCUT2D eigenvalue weighted by atomic mass is 19.1. The molecule has 0 saturated carbocycles. The maximum absolute atomic E-state index is 13.6. The van der Waals surface area contributed by atoms with Gasteiger partial charge in [0.1, 0.15) is 5.82 Å². The average Bonchev–Trinajstić information content (AvgIpc) is 3.20. The van der Waals surface area contributed by atoms with Crippen LogP contribution in [0, 0.1) is 5.82 Å². The summed E-state index contributed by atoms with van der Waals surface area (Å²) in [7, 11) is 1.77. The van der Waals surface area contributed by atoms with Gasteiger partial charge in [-0.05, 0) is 47.6 Å².